The summed E-state index contributed by atoms with van der Waals surface area (Å²) in [6.07, 6.45) is 11.4. The minimum absolute atomic E-state index is 0.795. The molecule has 2 fully saturated rings. The van der Waals surface area contributed by atoms with Gasteiger partial charge in [-0.2, -0.15) is 0 Å². The highest BCUT2D eigenvalue weighted by Crippen LogP contribution is 2.26. The normalized spacial score (nSPS) is 36.6. The largest absolute Gasteiger partial charge is 0.313 e. The van der Waals surface area contributed by atoms with Crippen molar-refractivity contribution < 1.29 is 0 Å². The molecule has 2 atom stereocenters. The van der Waals surface area contributed by atoms with Gasteiger partial charge in [-0.25, -0.2) is 0 Å². The van der Waals surface area contributed by atoms with Crippen LogP contribution in [0.15, 0.2) is 0 Å². The van der Waals surface area contributed by atoms with E-state index in [1.165, 1.54) is 64.5 Å². The van der Waals surface area contributed by atoms with Gasteiger partial charge in [-0.3, -0.25) is 0 Å². The number of rotatable bonds is 5. The third kappa shape index (κ3) is 5.07. The molecular formula is C17H34N2. The van der Waals surface area contributed by atoms with E-state index in [4.69, 9.17) is 0 Å². The van der Waals surface area contributed by atoms with Gasteiger partial charge in [0.25, 0.3) is 0 Å². The predicted molar refractivity (Wildman–Crippen MR) is 83.5 cm³/mol. The molecule has 0 aliphatic heterocycles. The van der Waals surface area contributed by atoms with E-state index in [2.05, 4.69) is 31.1 Å². The van der Waals surface area contributed by atoms with Crippen LogP contribution in [0.2, 0.25) is 0 Å². The fraction of sp³-hybridized carbons (Fsp3) is 1.00. The molecule has 0 heterocycles. The van der Waals surface area contributed by atoms with Crippen LogP contribution in [0.3, 0.4) is 0 Å². The topological polar surface area (TPSA) is 15.3 Å². The second-order valence-electron chi connectivity index (χ2n) is 7.32. The van der Waals surface area contributed by atoms with Crippen LogP contribution < -0.4 is 5.32 Å². The zero-order valence-electron chi connectivity index (χ0n) is 13.3. The van der Waals surface area contributed by atoms with Crippen LogP contribution in [-0.2, 0) is 0 Å². The molecule has 0 bridgehead atoms. The van der Waals surface area contributed by atoms with Crippen molar-refractivity contribution in [1.29, 1.82) is 0 Å². The number of nitrogens with one attached hydrogen (secondary N) is 1. The Balaban J connectivity index is 1.59. The lowest BCUT2D eigenvalue weighted by Crippen LogP contribution is -2.42. The van der Waals surface area contributed by atoms with Crippen LogP contribution in [-0.4, -0.2) is 37.1 Å². The molecule has 0 radical (unpaired) electrons. The first-order valence-corrected chi connectivity index (χ1v) is 8.58. The van der Waals surface area contributed by atoms with Gasteiger partial charge in [-0.1, -0.05) is 26.7 Å². The highest BCUT2D eigenvalue weighted by molar-refractivity contribution is 4.79. The number of nitrogens with zero attached hydrogens (tertiary/aromatic N) is 1. The van der Waals surface area contributed by atoms with Crippen molar-refractivity contribution in [1.82, 2.24) is 10.2 Å². The predicted octanol–water partition coefficient (Wildman–Crippen LogP) is 3.67. The Morgan fingerprint density at radius 2 is 1.68 bits per heavy atom. The summed E-state index contributed by atoms with van der Waals surface area (Å²) >= 11 is 0. The van der Waals surface area contributed by atoms with Gasteiger partial charge < -0.3 is 10.2 Å². The molecule has 0 aromatic carbocycles. The minimum atomic E-state index is 0.795. The summed E-state index contributed by atoms with van der Waals surface area (Å²) in [7, 11) is 2.33. The third-order valence-corrected chi connectivity index (χ3v) is 5.44. The molecule has 112 valence electrons. The first-order chi connectivity index (χ1) is 9.15. The average molecular weight is 266 g/mol. The van der Waals surface area contributed by atoms with Crippen LogP contribution in [0.25, 0.3) is 0 Å². The van der Waals surface area contributed by atoms with Gasteiger partial charge in [-0.15, -0.1) is 0 Å². The lowest BCUT2D eigenvalue weighted by Gasteiger charge is -2.34. The first-order valence-electron chi connectivity index (χ1n) is 8.58. The molecule has 2 unspecified atom stereocenters. The van der Waals surface area contributed by atoms with Crippen molar-refractivity contribution in [2.75, 3.05) is 20.1 Å². The molecule has 1 N–H and O–H groups in total. The number of likely N-dealkylation sites (N-methyl/N-ethyl adjacent to an activating group) is 1. The zero-order valence-corrected chi connectivity index (χ0v) is 13.3. The van der Waals surface area contributed by atoms with Gasteiger partial charge in [0.1, 0.15) is 0 Å². The second kappa shape index (κ2) is 7.64. The summed E-state index contributed by atoms with van der Waals surface area (Å²) in [6.45, 7) is 7.22. The van der Waals surface area contributed by atoms with E-state index in [1.807, 2.05) is 0 Å². The molecule has 2 aliphatic rings. The zero-order chi connectivity index (χ0) is 13.7. The maximum atomic E-state index is 3.79. The summed E-state index contributed by atoms with van der Waals surface area (Å²) in [4.78, 5) is 2.60. The van der Waals surface area contributed by atoms with Crippen molar-refractivity contribution >= 4 is 0 Å². The van der Waals surface area contributed by atoms with Crippen LogP contribution in [0, 0.1) is 11.8 Å². The second-order valence-corrected chi connectivity index (χ2v) is 7.32. The Labute approximate surface area is 120 Å². The van der Waals surface area contributed by atoms with Crippen LogP contribution in [0.1, 0.15) is 65.2 Å². The maximum absolute atomic E-state index is 3.79. The molecule has 0 spiro atoms. The van der Waals surface area contributed by atoms with E-state index >= 15 is 0 Å². The van der Waals surface area contributed by atoms with E-state index in [9.17, 15) is 0 Å². The molecule has 0 aromatic rings. The first kappa shape index (κ1) is 15.3. The molecule has 2 rings (SSSR count). The van der Waals surface area contributed by atoms with Gasteiger partial charge in [0.05, 0.1) is 0 Å². The Hall–Kier alpha value is -0.0800. The van der Waals surface area contributed by atoms with Crippen molar-refractivity contribution in [3.8, 4) is 0 Å². The van der Waals surface area contributed by atoms with Crippen LogP contribution in [0.4, 0.5) is 0 Å². The Morgan fingerprint density at radius 1 is 0.947 bits per heavy atom. The molecule has 0 saturated heterocycles. The van der Waals surface area contributed by atoms with E-state index in [1.54, 1.807) is 0 Å². The van der Waals surface area contributed by atoms with Crippen LogP contribution in [0.5, 0.6) is 0 Å². The lowest BCUT2D eigenvalue weighted by molar-refractivity contribution is 0.167. The number of hydrogen-bond donors (Lipinski definition) is 1. The van der Waals surface area contributed by atoms with Gasteiger partial charge in [0.2, 0.25) is 0 Å². The molecule has 0 amide bonds. The molecule has 2 heteroatoms. The lowest BCUT2D eigenvalue weighted by atomic mass is 9.86. The smallest absolute Gasteiger partial charge is 0.0107 e. The van der Waals surface area contributed by atoms with Crippen molar-refractivity contribution in [3.63, 3.8) is 0 Å². The summed E-state index contributed by atoms with van der Waals surface area (Å²) in [5, 5.41) is 3.79. The highest BCUT2D eigenvalue weighted by Gasteiger charge is 2.22. The monoisotopic (exact) mass is 266 g/mol. The molecular weight excluding hydrogens is 232 g/mol. The SMILES string of the molecule is CC1CCC(N(C)CCNC2CCCC(C)C2)CC1. The Kier molecular flexibility index (Phi) is 6.15. The summed E-state index contributed by atoms with van der Waals surface area (Å²) in [5.41, 5.74) is 0. The van der Waals surface area contributed by atoms with E-state index in [-0.39, 0.29) is 0 Å². The van der Waals surface area contributed by atoms with E-state index < -0.39 is 0 Å². The van der Waals surface area contributed by atoms with Crippen molar-refractivity contribution in [3.05, 3.63) is 0 Å². The molecule has 2 aliphatic carbocycles. The maximum Gasteiger partial charge on any atom is 0.0107 e. The fourth-order valence-electron chi connectivity index (χ4n) is 3.93. The Bertz CT molecular complexity index is 246. The van der Waals surface area contributed by atoms with Gasteiger partial charge in [-0.05, 0) is 57.4 Å². The summed E-state index contributed by atoms with van der Waals surface area (Å²) < 4.78 is 0. The van der Waals surface area contributed by atoms with Gasteiger partial charge >= 0.3 is 0 Å². The van der Waals surface area contributed by atoms with Gasteiger partial charge in [0.15, 0.2) is 0 Å². The number of hydrogen-bond acceptors (Lipinski definition) is 2. The molecule has 2 saturated carbocycles. The molecule has 0 aromatic heterocycles. The minimum Gasteiger partial charge on any atom is -0.313 e. The van der Waals surface area contributed by atoms with E-state index in [0.29, 0.717) is 0 Å². The molecule has 2 nitrogen and oxygen atoms in total. The van der Waals surface area contributed by atoms with Crippen molar-refractivity contribution in [2.24, 2.45) is 11.8 Å². The quantitative estimate of drug-likeness (QED) is 0.817. The summed E-state index contributed by atoms with van der Waals surface area (Å²) in [5.74, 6) is 1.90. The van der Waals surface area contributed by atoms with Gasteiger partial charge in [0, 0.05) is 25.2 Å². The van der Waals surface area contributed by atoms with Crippen molar-refractivity contribution in [2.45, 2.75) is 77.3 Å². The standard InChI is InChI=1S/C17H34N2/c1-14-7-9-17(10-8-14)19(3)12-11-18-16-6-4-5-15(2)13-16/h14-18H,4-13H2,1-3H3. The van der Waals surface area contributed by atoms with E-state index in [0.717, 1.165) is 23.9 Å². The Morgan fingerprint density at radius 3 is 2.37 bits per heavy atom. The molecule has 19 heavy (non-hydrogen) atoms. The highest BCUT2D eigenvalue weighted by atomic mass is 15.1. The van der Waals surface area contributed by atoms with Crippen LogP contribution >= 0.6 is 0 Å². The third-order valence-electron chi connectivity index (χ3n) is 5.44. The average Bonchev–Trinajstić information content (AvgIpc) is 2.39. The summed E-state index contributed by atoms with van der Waals surface area (Å²) in [6, 6.07) is 1.65. The fourth-order valence-corrected chi connectivity index (χ4v) is 3.93.